The number of rotatable bonds is 7. The van der Waals surface area contributed by atoms with Crippen molar-refractivity contribution in [3.05, 3.63) is 75.5 Å². The Morgan fingerprint density at radius 1 is 1.22 bits per heavy atom. The van der Waals surface area contributed by atoms with Crippen LogP contribution in [0.1, 0.15) is 27.2 Å². The maximum Gasteiger partial charge on any atom is 0.251 e. The van der Waals surface area contributed by atoms with E-state index in [-0.39, 0.29) is 11.7 Å². The zero-order chi connectivity index (χ0) is 19.2. The van der Waals surface area contributed by atoms with Gasteiger partial charge in [0.15, 0.2) is 11.5 Å². The number of hydrogen-bond donors (Lipinski definition) is 1. The Hall–Kier alpha value is -2.93. The second-order valence-electron chi connectivity index (χ2n) is 5.90. The highest BCUT2D eigenvalue weighted by atomic mass is 32.1. The fourth-order valence-corrected chi connectivity index (χ4v) is 3.03. The van der Waals surface area contributed by atoms with Crippen LogP contribution in [0.25, 0.3) is 0 Å². The standard InChI is InChI=1S/C20H19FN2O3S/c1-13-7-14(3-5-17(13)21)9-22-20(24)15-4-6-18(19(8-15)25-2)26-10-16-11-27-12-23-16/h3-8,11-12H,9-10H2,1-2H3,(H,22,24). The van der Waals surface area contributed by atoms with Crippen LogP contribution < -0.4 is 14.8 Å². The van der Waals surface area contributed by atoms with Crippen molar-refractivity contribution >= 4 is 17.2 Å². The number of amides is 1. The smallest absolute Gasteiger partial charge is 0.251 e. The summed E-state index contributed by atoms with van der Waals surface area (Å²) in [5, 5.41) is 4.73. The first-order valence-corrected chi connectivity index (χ1v) is 9.22. The van der Waals surface area contributed by atoms with Gasteiger partial charge in [0.05, 0.1) is 18.3 Å². The normalized spacial score (nSPS) is 10.5. The van der Waals surface area contributed by atoms with Crippen molar-refractivity contribution in [1.29, 1.82) is 0 Å². The molecule has 27 heavy (non-hydrogen) atoms. The minimum atomic E-state index is -0.261. The zero-order valence-electron chi connectivity index (χ0n) is 15.0. The van der Waals surface area contributed by atoms with E-state index in [1.165, 1.54) is 24.5 Å². The maximum atomic E-state index is 13.3. The molecule has 1 heterocycles. The predicted molar refractivity (Wildman–Crippen MR) is 102 cm³/mol. The quantitative estimate of drug-likeness (QED) is 0.664. The molecule has 0 aliphatic heterocycles. The van der Waals surface area contributed by atoms with Gasteiger partial charge in [0.2, 0.25) is 0 Å². The summed E-state index contributed by atoms with van der Waals surface area (Å²) in [7, 11) is 1.52. The van der Waals surface area contributed by atoms with E-state index in [4.69, 9.17) is 9.47 Å². The van der Waals surface area contributed by atoms with Crippen LogP contribution in [-0.2, 0) is 13.2 Å². The Bertz CT molecular complexity index is 929. The molecule has 3 rings (SSSR count). The average Bonchev–Trinajstić information content (AvgIpc) is 3.20. The first-order valence-electron chi connectivity index (χ1n) is 8.28. The second kappa shape index (κ2) is 8.64. The molecule has 0 fully saturated rings. The van der Waals surface area contributed by atoms with Crippen LogP contribution in [0.3, 0.4) is 0 Å². The molecule has 1 aromatic heterocycles. The number of aromatic nitrogens is 1. The van der Waals surface area contributed by atoms with Crippen molar-refractivity contribution in [1.82, 2.24) is 10.3 Å². The molecule has 0 radical (unpaired) electrons. The Kier molecular flexibility index (Phi) is 6.03. The first-order chi connectivity index (χ1) is 13.1. The van der Waals surface area contributed by atoms with Crippen molar-refractivity contribution < 1.29 is 18.7 Å². The SMILES string of the molecule is COc1cc(C(=O)NCc2ccc(F)c(C)c2)ccc1OCc1cscn1. The van der Waals surface area contributed by atoms with Gasteiger partial charge in [-0.2, -0.15) is 0 Å². The van der Waals surface area contributed by atoms with Crippen LogP contribution >= 0.6 is 11.3 Å². The van der Waals surface area contributed by atoms with Gasteiger partial charge in [0.1, 0.15) is 12.4 Å². The van der Waals surface area contributed by atoms with Crippen LogP contribution in [0.15, 0.2) is 47.3 Å². The van der Waals surface area contributed by atoms with Crippen LogP contribution in [-0.4, -0.2) is 18.0 Å². The summed E-state index contributed by atoms with van der Waals surface area (Å²) in [6.45, 7) is 2.33. The molecule has 3 aromatic rings. The number of carbonyl (C=O) groups excluding carboxylic acids is 1. The minimum Gasteiger partial charge on any atom is -0.493 e. The third kappa shape index (κ3) is 4.83. The van der Waals surface area contributed by atoms with E-state index in [1.807, 2.05) is 5.38 Å². The number of aryl methyl sites for hydroxylation is 1. The zero-order valence-corrected chi connectivity index (χ0v) is 15.8. The number of halogens is 1. The largest absolute Gasteiger partial charge is 0.493 e. The molecule has 0 bridgehead atoms. The lowest BCUT2D eigenvalue weighted by molar-refractivity contribution is 0.0950. The molecule has 5 nitrogen and oxygen atoms in total. The van der Waals surface area contributed by atoms with E-state index in [0.717, 1.165) is 11.3 Å². The Morgan fingerprint density at radius 3 is 2.78 bits per heavy atom. The summed E-state index contributed by atoms with van der Waals surface area (Å²) < 4.78 is 24.4. The summed E-state index contributed by atoms with van der Waals surface area (Å²) in [6, 6.07) is 9.76. The van der Waals surface area contributed by atoms with Crippen molar-refractivity contribution in [2.45, 2.75) is 20.1 Å². The number of hydrogen-bond acceptors (Lipinski definition) is 5. The van der Waals surface area contributed by atoms with E-state index < -0.39 is 0 Å². The number of benzene rings is 2. The molecule has 140 valence electrons. The number of ether oxygens (including phenoxy) is 2. The maximum absolute atomic E-state index is 13.3. The molecule has 0 atom stereocenters. The fraction of sp³-hybridized carbons (Fsp3) is 0.200. The molecule has 0 saturated heterocycles. The van der Waals surface area contributed by atoms with Crippen molar-refractivity contribution in [3.63, 3.8) is 0 Å². The topological polar surface area (TPSA) is 60.5 Å². The van der Waals surface area contributed by atoms with Crippen LogP contribution in [0.4, 0.5) is 4.39 Å². The molecular formula is C20H19FN2O3S. The highest BCUT2D eigenvalue weighted by Gasteiger charge is 2.12. The lowest BCUT2D eigenvalue weighted by atomic mass is 10.1. The van der Waals surface area contributed by atoms with Crippen LogP contribution in [0, 0.1) is 12.7 Å². The van der Waals surface area contributed by atoms with Gasteiger partial charge in [0.25, 0.3) is 5.91 Å². The van der Waals surface area contributed by atoms with Gasteiger partial charge < -0.3 is 14.8 Å². The van der Waals surface area contributed by atoms with Crippen molar-refractivity contribution in [3.8, 4) is 11.5 Å². The van der Waals surface area contributed by atoms with Crippen LogP contribution in [0.2, 0.25) is 0 Å². The number of nitrogens with zero attached hydrogens (tertiary/aromatic N) is 1. The molecule has 0 aliphatic rings. The Balaban J connectivity index is 1.64. The molecule has 1 N–H and O–H groups in total. The first kappa shape index (κ1) is 18.8. The van der Waals surface area contributed by atoms with Crippen molar-refractivity contribution in [2.24, 2.45) is 0 Å². The van der Waals surface area contributed by atoms with E-state index in [0.29, 0.717) is 35.8 Å². The third-order valence-electron chi connectivity index (χ3n) is 3.96. The number of carbonyl (C=O) groups is 1. The summed E-state index contributed by atoms with van der Waals surface area (Å²) in [6.07, 6.45) is 0. The van der Waals surface area contributed by atoms with Gasteiger partial charge in [-0.25, -0.2) is 9.37 Å². The number of nitrogens with one attached hydrogen (secondary N) is 1. The summed E-state index contributed by atoms with van der Waals surface area (Å²) in [4.78, 5) is 16.6. The summed E-state index contributed by atoms with van der Waals surface area (Å²) >= 11 is 1.50. The summed E-state index contributed by atoms with van der Waals surface area (Å²) in [5.74, 6) is 0.496. The lowest BCUT2D eigenvalue weighted by Gasteiger charge is -2.12. The minimum absolute atomic E-state index is 0.249. The highest BCUT2D eigenvalue weighted by molar-refractivity contribution is 7.07. The molecular weight excluding hydrogens is 367 g/mol. The van der Waals surface area contributed by atoms with E-state index in [1.54, 1.807) is 42.8 Å². The van der Waals surface area contributed by atoms with E-state index in [9.17, 15) is 9.18 Å². The fourth-order valence-electron chi connectivity index (χ4n) is 2.49. The molecule has 1 amide bonds. The highest BCUT2D eigenvalue weighted by Crippen LogP contribution is 2.29. The van der Waals surface area contributed by atoms with Gasteiger partial charge in [-0.05, 0) is 42.3 Å². The van der Waals surface area contributed by atoms with Gasteiger partial charge in [-0.3, -0.25) is 4.79 Å². The Labute approximate surface area is 160 Å². The van der Waals surface area contributed by atoms with E-state index >= 15 is 0 Å². The number of thiazole rings is 1. The predicted octanol–water partition coefficient (Wildman–Crippen LogP) is 4.11. The second-order valence-corrected chi connectivity index (χ2v) is 6.62. The summed E-state index contributed by atoms with van der Waals surface area (Å²) in [5.41, 5.74) is 4.40. The molecule has 7 heteroatoms. The third-order valence-corrected chi connectivity index (χ3v) is 4.60. The average molecular weight is 386 g/mol. The molecule has 0 unspecified atom stereocenters. The molecule has 0 aliphatic carbocycles. The van der Waals surface area contributed by atoms with Gasteiger partial charge in [-0.1, -0.05) is 12.1 Å². The number of methoxy groups -OCH3 is 1. The molecule has 0 saturated carbocycles. The molecule has 2 aromatic carbocycles. The Morgan fingerprint density at radius 2 is 2.07 bits per heavy atom. The van der Waals surface area contributed by atoms with E-state index in [2.05, 4.69) is 10.3 Å². The monoisotopic (exact) mass is 386 g/mol. The van der Waals surface area contributed by atoms with Gasteiger partial charge in [-0.15, -0.1) is 11.3 Å². The van der Waals surface area contributed by atoms with Gasteiger partial charge in [0, 0.05) is 17.5 Å². The van der Waals surface area contributed by atoms with Gasteiger partial charge >= 0.3 is 0 Å². The van der Waals surface area contributed by atoms with Crippen molar-refractivity contribution in [2.75, 3.05) is 7.11 Å². The molecule has 0 spiro atoms. The van der Waals surface area contributed by atoms with Crippen LogP contribution in [0.5, 0.6) is 11.5 Å². The lowest BCUT2D eigenvalue weighted by Crippen LogP contribution is -2.22.